The van der Waals surface area contributed by atoms with Gasteiger partial charge in [-0.1, -0.05) is 33.1 Å². The minimum absolute atomic E-state index is 0.720. The highest BCUT2D eigenvalue weighted by molar-refractivity contribution is 4.81. The molecule has 1 atom stereocenters. The lowest BCUT2D eigenvalue weighted by atomic mass is 9.99. The molecule has 1 rings (SSSR count). The molecule has 0 bridgehead atoms. The van der Waals surface area contributed by atoms with Crippen LogP contribution in [0.15, 0.2) is 0 Å². The van der Waals surface area contributed by atoms with Crippen LogP contribution in [0.3, 0.4) is 0 Å². The summed E-state index contributed by atoms with van der Waals surface area (Å²) in [5.74, 6) is 0. The number of piperidine rings is 1. The first kappa shape index (κ1) is 16.0. The maximum atomic E-state index is 3.92. The number of rotatable bonds is 8. The van der Waals surface area contributed by atoms with Crippen molar-refractivity contribution >= 4 is 0 Å². The molecule has 1 unspecified atom stereocenters. The van der Waals surface area contributed by atoms with Gasteiger partial charge in [0.25, 0.3) is 0 Å². The van der Waals surface area contributed by atoms with E-state index < -0.39 is 0 Å². The molecule has 1 aliphatic rings. The Morgan fingerprint density at radius 1 is 1.06 bits per heavy atom. The van der Waals surface area contributed by atoms with Crippen molar-refractivity contribution in [2.24, 2.45) is 0 Å². The van der Waals surface area contributed by atoms with Crippen LogP contribution in [0.1, 0.15) is 72.6 Å². The molecule has 0 spiro atoms. The van der Waals surface area contributed by atoms with Crippen LogP contribution < -0.4 is 5.32 Å². The van der Waals surface area contributed by atoms with E-state index in [1.807, 2.05) is 0 Å². The third-order valence-electron chi connectivity index (χ3n) is 4.27. The molecule has 1 heterocycles. The highest BCUT2D eigenvalue weighted by atomic mass is 15.2. The molecule has 1 saturated heterocycles. The Labute approximate surface area is 115 Å². The summed E-state index contributed by atoms with van der Waals surface area (Å²) >= 11 is 0. The molecule has 0 radical (unpaired) electrons. The minimum atomic E-state index is 0.720. The molecule has 0 aromatic rings. The van der Waals surface area contributed by atoms with Gasteiger partial charge in [0.1, 0.15) is 0 Å². The first-order valence-electron chi connectivity index (χ1n) is 8.17. The van der Waals surface area contributed by atoms with Gasteiger partial charge in [0.2, 0.25) is 0 Å². The van der Waals surface area contributed by atoms with Crippen LogP contribution in [-0.4, -0.2) is 36.1 Å². The maximum Gasteiger partial charge on any atom is 0.00940 e. The molecule has 1 aliphatic heterocycles. The largest absolute Gasteiger partial charge is 0.311 e. The molecule has 18 heavy (non-hydrogen) atoms. The summed E-state index contributed by atoms with van der Waals surface area (Å²) in [6.07, 6.45) is 9.41. The van der Waals surface area contributed by atoms with Crippen LogP contribution in [0.5, 0.6) is 0 Å². The second kappa shape index (κ2) is 8.92. The van der Waals surface area contributed by atoms with E-state index in [-0.39, 0.29) is 0 Å². The quantitative estimate of drug-likeness (QED) is 0.708. The topological polar surface area (TPSA) is 15.3 Å². The first-order valence-corrected chi connectivity index (χ1v) is 8.17. The molecule has 2 nitrogen and oxygen atoms in total. The third kappa shape index (κ3) is 5.71. The van der Waals surface area contributed by atoms with Gasteiger partial charge in [0.05, 0.1) is 0 Å². The maximum absolute atomic E-state index is 3.92. The smallest absolute Gasteiger partial charge is 0.00940 e. The molecule has 0 saturated carbocycles. The van der Waals surface area contributed by atoms with E-state index in [2.05, 4.69) is 37.9 Å². The zero-order valence-corrected chi connectivity index (χ0v) is 13.0. The van der Waals surface area contributed by atoms with Gasteiger partial charge in [-0.2, -0.15) is 0 Å². The van der Waals surface area contributed by atoms with Crippen LogP contribution in [0, 0.1) is 0 Å². The Morgan fingerprint density at radius 2 is 1.72 bits per heavy atom. The lowest BCUT2D eigenvalue weighted by molar-refractivity contribution is 0.154. The summed E-state index contributed by atoms with van der Waals surface area (Å²) in [6.45, 7) is 11.8. The van der Waals surface area contributed by atoms with E-state index in [1.54, 1.807) is 0 Å². The van der Waals surface area contributed by atoms with Crippen molar-refractivity contribution in [2.45, 2.75) is 90.8 Å². The van der Waals surface area contributed by atoms with Crippen molar-refractivity contribution in [3.63, 3.8) is 0 Å². The van der Waals surface area contributed by atoms with Crippen LogP contribution in [-0.2, 0) is 0 Å². The predicted octanol–water partition coefficient (Wildman–Crippen LogP) is 3.81. The summed E-state index contributed by atoms with van der Waals surface area (Å²) in [4.78, 5) is 2.61. The van der Waals surface area contributed by atoms with E-state index in [0.29, 0.717) is 0 Å². The monoisotopic (exact) mass is 254 g/mol. The summed E-state index contributed by atoms with van der Waals surface area (Å²) in [5.41, 5.74) is 0. The van der Waals surface area contributed by atoms with Crippen molar-refractivity contribution in [3.05, 3.63) is 0 Å². The molecule has 1 fully saturated rings. The number of nitrogens with one attached hydrogen (secondary N) is 1. The standard InChI is InChI=1S/C16H34N2/c1-5-7-9-15(8-6-2)17-16-10-12-18(13-11-16)14(3)4/h14-17H,5-13H2,1-4H3. The Kier molecular flexibility index (Phi) is 7.92. The molecule has 108 valence electrons. The Morgan fingerprint density at radius 3 is 2.22 bits per heavy atom. The Hall–Kier alpha value is -0.0800. The van der Waals surface area contributed by atoms with E-state index in [9.17, 15) is 0 Å². The molecule has 0 aliphatic carbocycles. The average molecular weight is 254 g/mol. The summed E-state index contributed by atoms with van der Waals surface area (Å²) in [7, 11) is 0. The predicted molar refractivity (Wildman–Crippen MR) is 81.1 cm³/mol. The van der Waals surface area contributed by atoms with Crippen molar-refractivity contribution < 1.29 is 0 Å². The fourth-order valence-corrected chi connectivity index (χ4v) is 3.03. The fourth-order valence-electron chi connectivity index (χ4n) is 3.03. The van der Waals surface area contributed by atoms with Gasteiger partial charge >= 0.3 is 0 Å². The molecule has 0 aromatic carbocycles. The van der Waals surface area contributed by atoms with Gasteiger partial charge in [0, 0.05) is 18.1 Å². The van der Waals surface area contributed by atoms with Crippen LogP contribution in [0.4, 0.5) is 0 Å². The van der Waals surface area contributed by atoms with Crippen LogP contribution >= 0.6 is 0 Å². The van der Waals surface area contributed by atoms with Crippen molar-refractivity contribution in [2.75, 3.05) is 13.1 Å². The highest BCUT2D eigenvalue weighted by Gasteiger charge is 2.22. The average Bonchev–Trinajstić information content (AvgIpc) is 2.37. The van der Waals surface area contributed by atoms with Crippen molar-refractivity contribution in [1.29, 1.82) is 0 Å². The number of unbranched alkanes of at least 4 members (excludes halogenated alkanes) is 1. The molecule has 2 heteroatoms. The normalized spacial score (nSPS) is 20.5. The van der Waals surface area contributed by atoms with E-state index >= 15 is 0 Å². The third-order valence-corrected chi connectivity index (χ3v) is 4.27. The first-order chi connectivity index (χ1) is 8.67. The molecule has 0 aromatic heterocycles. The SMILES string of the molecule is CCCCC(CCC)NC1CCN(C(C)C)CC1. The molecule has 0 amide bonds. The second-order valence-corrected chi connectivity index (χ2v) is 6.20. The zero-order chi connectivity index (χ0) is 13.4. The summed E-state index contributed by atoms with van der Waals surface area (Å²) < 4.78 is 0. The molecular formula is C16H34N2. The zero-order valence-electron chi connectivity index (χ0n) is 13.0. The van der Waals surface area contributed by atoms with Gasteiger partial charge in [-0.25, -0.2) is 0 Å². The Bertz CT molecular complexity index is 195. The highest BCUT2D eigenvalue weighted by Crippen LogP contribution is 2.16. The van der Waals surface area contributed by atoms with E-state index in [1.165, 1.54) is 58.0 Å². The number of hydrogen-bond donors (Lipinski definition) is 1. The van der Waals surface area contributed by atoms with Gasteiger partial charge in [-0.05, 0) is 52.6 Å². The van der Waals surface area contributed by atoms with Gasteiger partial charge in [-0.3, -0.25) is 0 Å². The summed E-state index contributed by atoms with van der Waals surface area (Å²) in [6, 6.07) is 2.26. The van der Waals surface area contributed by atoms with Gasteiger partial charge < -0.3 is 10.2 Å². The minimum Gasteiger partial charge on any atom is -0.311 e. The van der Waals surface area contributed by atoms with E-state index in [0.717, 1.165) is 18.1 Å². The summed E-state index contributed by atoms with van der Waals surface area (Å²) in [5, 5.41) is 3.92. The molecular weight excluding hydrogens is 220 g/mol. The van der Waals surface area contributed by atoms with Gasteiger partial charge in [0.15, 0.2) is 0 Å². The number of likely N-dealkylation sites (tertiary alicyclic amines) is 1. The molecule has 1 N–H and O–H groups in total. The Balaban J connectivity index is 2.27. The fraction of sp³-hybridized carbons (Fsp3) is 1.00. The lowest BCUT2D eigenvalue weighted by Gasteiger charge is -2.36. The van der Waals surface area contributed by atoms with E-state index in [4.69, 9.17) is 0 Å². The number of nitrogens with zero attached hydrogens (tertiary/aromatic N) is 1. The second-order valence-electron chi connectivity index (χ2n) is 6.20. The van der Waals surface area contributed by atoms with Crippen molar-refractivity contribution in [1.82, 2.24) is 10.2 Å². The van der Waals surface area contributed by atoms with Gasteiger partial charge in [-0.15, -0.1) is 0 Å². The number of hydrogen-bond acceptors (Lipinski definition) is 2. The van der Waals surface area contributed by atoms with Crippen molar-refractivity contribution in [3.8, 4) is 0 Å². The van der Waals surface area contributed by atoms with Crippen LogP contribution in [0.2, 0.25) is 0 Å². The lowest BCUT2D eigenvalue weighted by Crippen LogP contribution is -2.47. The van der Waals surface area contributed by atoms with Crippen LogP contribution in [0.25, 0.3) is 0 Å².